The van der Waals surface area contributed by atoms with Crippen LogP contribution in [0.1, 0.15) is 44.9 Å². The van der Waals surface area contributed by atoms with Gasteiger partial charge in [0.25, 0.3) is 0 Å². The van der Waals surface area contributed by atoms with E-state index in [1.54, 1.807) is 0 Å². The lowest BCUT2D eigenvalue weighted by atomic mass is 9.68. The normalized spacial score (nSPS) is 27.0. The van der Waals surface area contributed by atoms with Gasteiger partial charge in [0.1, 0.15) is 0 Å². The minimum atomic E-state index is 0.638. The second kappa shape index (κ2) is 5.31. The Bertz CT molecular complexity index is 179. The summed E-state index contributed by atoms with van der Waals surface area (Å²) >= 11 is 0. The molecule has 2 heteroatoms. The summed E-state index contributed by atoms with van der Waals surface area (Å²) in [6.07, 6.45) is 10.1. The maximum atomic E-state index is 3.39. The minimum Gasteiger partial charge on any atom is -0.319 e. The van der Waals surface area contributed by atoms with E-state index in [4.69, 9.17) is 0 Å². The molecule has 15 heavy (non-hydrogen) atoms. The van der Waals surface area contributed by atoms with Gasteiger partial charge in [-0.3, -0.25) is 0 Å². The summed E-state index contributed by atoms with van der Waals surface area (Å²) in [6.45, 7) is 5.29. The zero-order chi connectivity index (χ0) is 10.6. The minimum absolute atomic E-state index is 0.638. The number of hydrogen-bond donors (Lipinski definition) is 1. The van der Waals surface area contributed by atoms with E-state index < -0.39 is 0 Å². The van der Waals surface area contributed by atoms with Crippen LogP contribution in [0.5, 0.6) is 0 Å². The highest BCUT2D eigenvalue weighted by atomic mass is 15.1. The lowest BCUT2D eigenvalue weighted by molar-refractivity contribution is 0.0693. The molecule has 0 aromatic rings. The third-order valence-corrected chi connectivity index (χ3v) is 4.22. The Morgan fingerprint density at radius 1 is 1.00 bits per heavy atom. The molecule has 0 aromatic heterocycles. The van der Waals surface area contributed by atoms with E-state index in [2.05, 4.69) is 17.3 Å². The smallest absolute Gasteiger partial charge is 0.00501 e. The van der Waals surface area contributed by atoms with Gasteiger partial charge >= 0.3 is 0 Å². The lowest BCUT2D eigenvalue weighted by Gasteiger charge is -2.45. The maximum absolute atomic E-state index is 3.39. The molecule has 1 aliphatic heterocycles. The maximum Gasteiger partial charge on any atom is 0.00501 e. The molecule has 1 saturated carbocycles. The summed E-state index contributed by atoms with van der Waals surface area (Å²) in [4.78, 5) is 2.73. The second-order valence-electron chi connectivity index (χ2n) is 5.57. The molecule has 2 fully saturated rings. The summed E-state index contributed by atoms with van der Waals surface area (Å²) in [5, 5.41) is 3.39. The Labute approximate surface area is 94.4 Å². The topological polar surface area (TPSA) is 15.3 Å². The Morgan fingerprint density at radius 2 is 1.67 bits per heavy atom. The number of nitrogens with one attached hydrogen (secondary N) is 1. The molecule has 0 bridgehead atoms. The highest BCUT2D eigenvalue weighted by Gasteiger charge is 2.37. The standard InChI is InChI=1S/C13H26N2/c1-14-11-13(7-6-8-13)12-15-9-4-2-3-5-10-15/h14H,2-12H2,1H3. The van der Waals surface area contributed by atoms with Crippen molar-refractivity contribution in [1.82, 2.24) is 10.2 Å². The molecular weight excluding hydrogens is 184 g/mol. The van der Waals surface area contributed by atoms with Crippen LogP contribution in [-0.2, 0) is 0 Å². The van der Waals surface area contributed by atoms with Gasteiger partial charge in [0.15, 0.2) is 0 Å². The van der Waals surface area contributed by atoms with Gasteiger partial charge in [-0.2, -0.15) is 0 Å². The van der Waals surface area contributed by atoms with Crippen LogP contribution in [0.3, 0.4) is 0 Å². The van der Waals surface area contributed by atoms with Crippen molar-refractivity contribution >= 4 is 0 Å². The number of hydrogen-bond acceptors (Lipinski definition) is 2. The Kier molecular flexibility index (Phi) is 4.04. The molecular formula is C13H26N2. The summed E-state index contributed by atoms with van der Waals surface area (Å²) < 4.78 is 0. The van der Waals surface area contributed by atoms with E-state index in [0.717, 1.165) is 0 Å². The average Bonchev–Trinajstić information content (AvgIpc) is 2.43. The fourth-order valence-corrected chi connectivity index (χ4v) is 3.21. The van der Waals surface area contributed by atoms with Crippen LogP contribution in [-0.4, -0.2) is 38.1 Å². The van der Waals surface area contributed by atoms with Crippen molar-refractivity contribution in [3.8, 4) is 0 Å². The Hall–Kier alpha value is -0.0800. The third kappa shape index (κ3) is 2.94. The molecule has 0 unspecified atom stereocenters. The van der Waals surface area contributed by atoms with E-state index in [0.29, 0.717) is 5.41 Å². The zero-order valence-electron chi connectivity index (χ0n) is 10.2. The Morgan fingerprint density at radius 3 is 2.13 bits per heavy atom. The second-order valence-corrected chi connectivity index (χ2v) is 5.57. The molecule has 2 aliphatic rings. The highest BCUT2D eigenvalue weighted by molar-refractivity contribution is 4.92. The van der Waals surface area contributed by atoms with Crippen LogP contribution >= 0.6 is 0 Å². The van der Waals surface area contributed by atoms with Crippen LogP contribution in [0.4, 0.5) is 0 Å². The molecule has 0 amide bonds. The number of nitrogens with zero attached hydrogens (tertiary/aromatic N) is 1. The first-order chi connectivity index (χ1) is 7.35. The molecule has 0 spiro atoms. The summed E-state index contributed by atoms with van der Waals surface area (Å²) in [7, 11) is 2.10. The summed E-state index contributed by atoms with van der Waals surface area (Å²) in [5.41, 5.74) is 0.638. The fourth-order valence-electron chi connectivity index (χ4n) is 3.21. The molecule has 2 rings (SSSR count). The number of likely N-dealkylation sites (tertiary alicyclic amines) is 1. The zero-order valence-corrected chi connectivity index (χ0v) is 10.2. The van der Waals surface area contributed by atoms with E-state index in [9.17, 15) is 0 Å². The average molecular weight is 210 g/mol. The quantitative estimate of drug-likeness (QED) is 0.765. The highest BCUT2D eigenvalue weighted by Crippen LogP contribution is 2.41. The molecule has 1 aliphatic carbocycles. The van der Waals surface area contributed by atoms with Crippen molar-refractivity contribution in [2.24, 2.45) is 5.41 Å². The predicted octanol–water partition coefficient (Wildman–Crippen LogP) is 2.25. The molecule has 1 N–H and O–H groups in total. The molecule has 1 heterocycles. The van der Waals surface area contributed by atoms with Crippen molar-refractivity contribution in [3.05, 3.63) is 0 Å². The molecule has 0 atom stereocenters. The first kappa shape index (κ1) is 11.4. The van der Waals surface area contributed by atoms with Gasteiger partial charge in [-0.25, -0.2) is 0 Å². The summed E-state index contributed by atoms with van der Waals surface area (Å²) in [5.74, 6) is 0. The van der Waals surface area contributed by atoms with E-state index >= 15 is 0 Å². The first-order valence-corrected chi connectivity index (χ1v) is 6.72. The monoisotopic (exact) mass is 210 g/mol. The van der Waals surface area contributed by atoms with Crippen molar-refractivity contribution in [3.63, 3.8) is 0 Å². The van der Waals surface area contributed by atoms with Crippen molar-refractivity contribution in [1.29, 1.82) is 0 Å². The molecule has 0 radical (unpaired) electrons. The van der Waals surface area contributed by atoms with Crippen molar-refractivity contribution in [2.45, 2.75) is 44.9 Å². The largest absolute Gasteiger partial charge is 0.319 e. The van der Waals surface area contributed by atoms with Crippen LogP contribution in [0, 0.1) is 5.41 Å². The lowest BCUT2D eigenvalue weighted by Crippen LogP contribution is -2.48. The van der Waals surface area contributed by atoms with Crippen molar-refractivity contribution in [2.75, 3.05) is 33.2 Å². The van der Waals surface area contributed by atoms with Crippen LogP contribution in [0.15, 0.2) is 0 Å². The predicted molar refractivity (Wildman–Crippen MR) is 65.1 cm³/mol. The SMILES string of the molecule is CNCC1(CN2CCCCCC2)CCC1. The van der Waals surface area contributed by atoms with Gasteiger partial charge in [0, 0.05) is 13.1 Å². The van der Waals surface area contributed by atoms with Crippen molar-refractivity contribution < 1.29 is 0 Å². The van der Waals surface area contributed by atoms with Gasteiger partial charge in [0.2, 0.25) is 0 Å². The van der Waals surface area contributed by atoms with Crippen LogP contribution < -0.4 is 5.32 Å². The van der Waals surface area contributed by atoms with Gasteiger partial charge in [-0.1, -0.05) is 19.3 Å². The van der Waals surface area contributed by atoms with Gasteiger partial charge in [-0.05, 0) is 51.2 Å². The van der Waals surface area contributed by atoms with E-state index in [1.165, 1.54) is 71.1 Å². The first-order valence-electron chi connectivity index (χ1n) is 6.72. The fraction of sp³-hybridized carbons (Fsp3) is 1.00. The van der Waals surface area contributed by atoms with Crippen LogP contribution in [0.25, 0.3) is 0 Å². The van der Waals surface area contributed by atoms with Gasteiger partial charge in [-0.15, -0.1) is 0 Å². The Balaban J connectivity index is 1.82. The molecule has 2 nitrogen and oxygen atoms in total. The third-order valence-electron chi connectivity index (χ3n) is 4.22. The molecule has 1 saturated heterocycles. The molecule has 0 aromatic carbocycles. The van der Waals surface area contributed by atoms with E-state index in [1.807, 2.05) is 0 Å². The van der Waals surface area contributed by atoms with Gasteiger partial charge in [0.05, 0.1) is 0 Å². The molecule has 88 valence electrons. The van der Waals surface area contributed by atoms with E-state index in [-0.39, 0.29) is 0 Å². The van der Waals surface area contributed by atoms with Gasteiger partial charge < -0.3 is 10.2 Å². The van der Waals surface area contributed by atoms with Crippen LogP contribution in [0.2, 0.25) is 0 Å². The summed E-state index contributed by atoms with van der Waals surface area (Å²) in [6, 6.07) is 0. The number of rotatable bonds is 4.